The van der Waals surface area contributed by atoms with Gasteiger partial charge in [-0.1, -0.05) is 47.2 Å². The van der Waals surface area contributed by atoms with E-state index in [-0.39, 0.29) is 28.6 Å². The Labute approximate surface area is 253 Å². The Hall–Kier alpha value is -3.29. The van der Waals surface area contributed by atoms with Crippen LogP contribution in [0.4, 0.5) is 0 Å². The summed E-state index contributed by atoms with van der Waals surface area (Å²) in [7, 11) is -3.54. The number of carbonyl (C=O) groups excluding carboxylic acids is 2. The minimum Gasteiger partial charge on any atom is -0.379 e. The Balaban J connectivity index is 1.18. The van der Waals surface area contributed by atoms with Crippen LogP contribution in [0.25, 0.3) is 0 Å². The largest absolute Gasteiger partial charge is 0.379 e. The molecule has 0 aliphatic heterocycles. The van der Waals surface area contributed by atoms with Crippen LogP contribution in [0.1, 0.15) is 58.2 Å². The fourth-order valence-electron chi connectivity index (χ4n) is 3.95. The second kappa shape index (κ2) is 18.4. The molecule has 2 aromatic carbocycles. The van der Waals surface area contributed by atoms with Crippen LogP contribution in [-0.2, 0) is 41.9 Å². The van der Waals surface area contributed by atoms with E-state index in [9.17, 15) is 18.0 Å². The smallest absolute Gasteiger partial charge is 0.178 e. The van der Waals surface area contributed by atoms with Crippen molar-refractivity contribution in [1.29, 1.82) is 0 Å². The van der Waals surface area contributed by atoms with E-state index in [2.05, 4.69) is 10.3 Å². The zero-order valence-electron chi connectivity index (χ0n) is 24.9. The lowest BCUT2D eigenvalue weighted by atomic mass is 10.0. The molecular weight excluding hydrogens is 574 g/mol. The van der Waals surface area contributed by atoms with Crippen molar-refractivity contribution in [2.24, 2.45) is 0 Å². The van der Waals surface area contributed by atoms with Gasteiger partial charge in [-0.15, -0.1) is 5.10 Å². The molecule has 0 aliphatic rings. The first-order valence-corrected chi connectivity index (χ1v) is 16.1. The summed E-state index contributed by atoms with van der Waals surface area (Å²) in [5.74, 6) is -0.596. The molecule has 0 fully saturated rings. The van der Waals surface area contributed by atoms with Crippen molar-refractivity contribution < 1.29 is 37.0 Å². The number of sulfone groups is 1. The number of rotatable bonds is 22. The summed E-state index contributed by atoms with van der Waals surface area (Å²) in [6.07, 6.45) is 2.61. The molecule has 11 nitrogen and oxygen atoms in total. The van der Waals surface area contributed by atoms with Gasteiger partial charge in [0.05, 0.1) is 63.1 Å². The maximum Gasteiger partial charge on any atom is 0.178 e. The summed E-state index contributed by atoms with van der Waals surface area (Å²) < 4.78 is 48.7. The number of ketones is 2. The van der Waals surface area contributed by atoms with Gasteiger partial charge in [0, 0.05) is 37.1 Å². The van der Waals surface area contributed by atoms with Crippen LogP contribution < -0.4 is 0 Å². The van der Waals surface area contributed by atoms with Crippen LogP contribution in [0.2, 0.25) is 0 Å². The minimum absolute atomic E-state index is 0.0470. The zero-order valence-corrected chi connectivity index (χ0v) is 25.7. The summed E-state index contributed by atoms with van der Waals surface area (Å²) in [5.41, 5.74) is 2.64. The fraction of sp³-hybridized carbons (Fsp3) is 0.484. The van der Waals surface area contributed by atoms with E-state index in [1.165, 1.54) is 0 Å². The molecule has 3 aromatic rings. The van der Waals surface area contributed by atoms with Gasteiger partial charge < -0.3 is 18.9 Å². The van der Waals surface area contributed by atoms with Crippen LogP contribution in [0.3, 0.4) is 0 Å². The maximum absolute atomic E-state index is 12.5. The summed E-state index contributed by atoms with van der Waals surface area (Å²) in [4.78, 5) is 25.2. The molecule has 1 heterocycles. The van der Waals surface area contributed by atoms with Gasteiger partial charge >= 0.3 is 0 Å². The molecule has 1 aromatic heterocycles. The van der Waals surface area contributed by atoms with Crippen molar-refractivity contribution in [2.45, 2.75) is 51.2 Å². The first-order chi connectivity index (χ1) is 20.8. The number of hydrogen-bond donors (Lipinski definition) is 0. The van der Waals surface area contributed by atoms with Crippen molar-refractivity contribution in [3.63, 3.8) is 0 Å². The van der Waals surface area contributed by atoms with E-state index in [1.807, 2.05) is 20.0 Å². The van der Waals surface area contributed by atoms with Crippen LogP contribution in [0.15, 0.2) is 59.6 Å². The number of nitrogens with zero attached hydrogens (tertiary/aromatic N) is 3. The topological polar surface area (TPSA) is 136 Å². The molecular formula is C31H41N3O8S. The number of Topliss-reactive ketones (excluding diaryl/α,β-unsaturated/α-hetero) is 2. The molecule has 0 amide bonds. The molecule has 0 saturated heterocycles. The number of benzene rings is 2. The standard InChI is InChI=1S/C31H41N3O8S/c1-3-34-23-28(32-33-34)24-42-21-20-41-19-18-40-17-16-39-15-4-5-30(35)26-8-10-27(11-9-26)31(36)14-22-43(37,38)29-12-6-25(2)7-13-29/h6-13,23H,3-5,14-22,24H2,1-2H3. The third kappa shape index (κ3) is 12.5. The summed E-state index contributed by atoms with van der Waals surface area (Å²) >= 11 is 0. The summed E-state index contributed by atoms with van der Waals surface area (Å²) in [6, 6.07) is 12.9. The normalized spacial score (nSPS) is 11.6. The van der Waals surface area contributed by atoms with Crippen LogP contribution in [0, 0.1) is 6.92 Å². The van der Waals surface area contributed by atoms with Gasteiger partial charge in [0.1, 0.15) is 5.69 Å². The van der Waals surface area contributed by atoms with Crippen molar-refractivity contribution in [3.8, 4) is 0 Å². The molecule has 0 atom stereocenters. The predicted octanol–water partition coefficient (Wildman–Crippen LogP) is 3.88. The Morgan fingerprint density at radius 2 is 1.28 bits per heavy atom. The molecule has 0 unspecified atom stereocenters. The van der Waals surface area contributed by atoms with Crippen LogP contribution >= 0.6 is 0 Å². The highest BCUT2D eigenvalue weighted by atomic mass is 32.2. The Bertz CT molecular complexity index is 1370. The first kappa shape index (κ1) is 34.2. The highest BCUT2D eigenvalue weighted by Crippen LogP contribution is 2.15. The Morgan fingerprint density at radius 3 is 1.84 bits per heavy atom. The van der Waals surface area contributed by atoms with Gasteiger partial charge in [0.15, 0.2) is 21.4 Å². The van der Waals surface area contributed by atoms with Gasteiger partial charge in [-0.25, -0.2) is 8.42 Å². The van der Waals surface area contributed by atoms with E-state index in [1.54, 1.807) is 53.2 Å². The number of ether oxygens (including phenoxy) is 4. The van der Waals surface area contributed by atoms with Crippen molar-refractivity contribution >= 4 is 21.4 Å². The predicted molar refractivity (Wildman–Crippen MR) is 160 cm³/mol. The van der Waals surface area contributed by atoms with E-state index in [0.29, 0.717) is 76.8 Å². The summed E-state index contributed by atoms with van der Waals surface area (Å²) in [5, 5.41) is 7.96. The molecule has 0 N–H and O–H groups in total. The molecule has 43 heavy (non-hydrogen) atoms. The quantitative estimate of drug-likeness (QED) is 0.121. The molecule has 0 saturated carbocycles. The molecule has 12 heteroatoms. The summed E-state index contributed by atoms with van der Waals surface area (Å²) in [6.45, 7) is 8.18. The van der Waals surface area contributed by atoms with E-state index in [0.717, 1.165) is 17.8 Å². The van der Waals surface area contributed by atoms with E-state index >= 15 is 0 Å². The lowest BCUT2D eigenvalue weighted by molar-refractivity contribution is -0.00464. The average molecular weight is 616 g/mol. The van der Waals surface area contributed by atoms with Gasteiger partial charge in [-0.05, 0) is 32.4 Å². The lowest BCUT2D eigenvalue weighted by Crippen LogP contribution is -2.12. The lowest BCUT2D eigenvalue weighted by Gasteiger charge is -2.07. The molecule has 3 rings (SSSR count). The molecule has 0 bridgehead atoms. The molecule has 0 radical (unpaired) electrons. The van der Waals surface area contributed by atoms with Gasteiger partial charge in [0.25, 0.3) is 0 Å². The Kier molecular flexibility index (Phi) is 14.6. The van der Waals surface area contributed by atoms with Gasteiger partial charge in [-0.2, -0.15) is 0 Å². The highest BCUT2D eigenvalue weighted by Gasteiger charge is 2.17. The van der Waals surface area contributed by atoms with Gasteiger partial charge in [-0.3, -0.25) is 14.3 Å². The van der Waals surface area contributed by atoms with Crippen LogP contribution in [-0.4, -0.2) is 87.0 Å². The highest BCUT2D eigenvalue weighted by molar-refractivity contribution is 7.91. The van der Waals surface area contributed by atoms with E-state index in [4.69, 9.17) is 18.9 Å². The average Bonchev–Trinajstić information content (AvgIpc) is 3.48. The van der Waals surface area contributed by atoms with Crippen molar-refractivity contribution in [3.05, 3.63) is 77.1 Å². The van der Waals surface area contributed by atoms with Crippen molar-refractivity contribution in [2.75, 3.05) is 52.0 Å². The third-order valence-corrected chi connectivity index (χ3v) is 8.21. The molecule has 234 valence electrons. The fourth-order valence-corrected chi connectivity index (χ4v) is 5.19. The minimum atomic E-state index is -3.54. The second-order valence-electron chi connectivity index (χ2n) is 9.86. The number of hydrogen-bond acceptors (Lipinski definition) is 10. The molecule has 0 aliphatic carbocycles. The van der Waals surface area contributed by atoms with Gasteiger partial charge in [0.2, 0.25) is 0 Å². The van der Waals surface area contributed by atoms with E-state index < -0.39 is 9.84 Å². The maximum atomic E-state index is 12.5. The number of aromatic nitrogens is 3. The second-order valence-corrected chi connectivity index (χ2v) is 12.0. The number of carbonyl (C=O) groups is 2. The third-order valence-electron chi connectivity index (χ3n) is 6.48. The molecule has 0 spiro atoms. The van der Waals surface area contributed by atoms with Crippen LogP contribution in [0.5, 0.6) is 0 Å². The SMILES string of the molecule is CCn1cc(COCCOCCOCCOCCCC(=O)c2ccc(C(=O)CCS(=O)(=O)c3ccc(C)cc3)cc2)nn1. The van der Waals surface area contributed by atoms with Crippen molar-refractivity contribution in [1.82, 2.24) is 15.0 Å². The monoisotopic (exact) mass is 615 g/mol. The Morgan fingerprint density at radius 1 is 0.744 bits per heavy atom. The first-order valence-electron chi connectivity index (χ1n) is 14.4. The zero-order chi connectivity index (χ0) is 30.9. The number of aryl methyl sites for hydroxylation is 2.